The monoisotopic (exact) mass is 411 g/mol. The molecule has 1 aromatic carbocycles. The summed E-state index contributed by atoms with van der Waals surface area (Å²) in [7, 11) is 4.08. The van der Waals surface area contributed by atoms with Crippen LogP contribution in [0.5, 0.6) is 0 Å². The van der Waals surface area contributed by atoms with Gasteiger partial charge in [-0.3, -0.25) is 9.97 Å². The van der Waals surface area contributed by atoms with Crippen LogP contribution in [-0.4, -0.2) is 33.8 Å². The normalized spacial score (nSPS) is 11.5. The van der Waals surface area contributed by atoms with Gasteiger partial charge in [0.1, 0.15) is 0 Å². The summed E-state index contributed by atoms with van der Waals surface area (Å²) in [4.78, 5) is 11.7. The molecule has 0 aliphatic rings. The van der Waals surface area contributed by atoms with Crippen LogP contribution in [0.15, 0.2) is 66.9 Å². The molecule has 3 heterocycles. The molecule has 0 unspecified atom stereocenters. The number of rotatable bonds is 5. The molecule has 4 rings (SSSR count). The lowest BCUT2D eigenvalue weighted by Crippen LogP contribution is -2.22. The van der Waals surface area contributed by atoms with E-state index in [1.165, 1.54) is 0 Å². The SMILES string of the molecule is Cc1ccc(-c2cccc(C(C)(C)c3ccn(-c4cccc(N(C)C)c4)n3)n2)c(C)n1. The van der Waals surface area contributed by atoms with E-state index in [0.717, 1.165) is 45.4 Å². The Labute approximate surface area is 184 Å². The number of pyridine rings is 2. The summed E-state index contributed by atoms with van der Waals surface area (Å²) in [5.41, 5.74) is 7.81. The molecule has 4 aromatic rings. The predicted octanol–water partition coefficient (Wildman–Crippen LogP) is 5.34. The molecule has 0 aliphatic carbocycles. The first-order valence-electron chi connectivity index (χ1n) is 10.5. The Bertz CT molecular complexity index is 1220. The van der Waals surface area contributed by atoms with Gasteiger partial charge in [-0.25, -0.2) is 4.68 Å². The fourth-order valence-corrected chi connectivity index (χ4v) is 3.74. The van der Waals surface area contributed by atoms with Crippen LogP contribution in [0.1, 0.15) is 36.6 Å². The van der Waals surface area contributed by atoms with Crippen LogP contribution >= 0.6 is 0 Å². The Hall–Kier alpha value is -3.47. The first-order valence-corrected chi connectivity index (χ1v) is 10.5. The molecule has 0 radical (unpaired) electrons. The molecule has 5 heteroatoms. The predicted molar refractivity (Wildman–Crippen MR) is 127 cm³/mol. The number of aromatic nitrogens is 4. The summed E-state index contributed by atoms with van der Waals surface area (Å²) in [6.07, 6.45) is 2.02. The molecule has 0 fully saturated rings. The molecule has 0 saturated carbocycles. The smallest absolute Gasteiger partial charge is 0.0744 e. The van der Waals surface area contributed by atoms with Crippen molar-refractivity contribution in [1.29, 1.82) is 0 Å². The van der Waals surface area contributed by atoms with Crippen molar-refractivity contribution in [2.45, 2.75) is 33.1 Å². The Balaban J connectivity index is 1.69. The summed E-state index contributed by atoms with van der Waals surface area (Å²) < 4.78 is 1.93. The van der Waals surface area contributed by atoms with E-state index in [9.17, 15) is 0 Å². The van der Waals surface area contributed by atoms with E-state index in [1.807, 2.05) is 51.0 Å². The molecule has 0 spiro atoms. The van der Waals surface area contributed by atoms with E-state index in [-0.39, 0.29) is 5.41 Å². The Morgan fingerprint density at radius 2 is 1.61 bits per heavy atom. The van der Waals surface area contributed by atoms with E-state index in [2.05, 4.69) is 72.3 Å². The molecule has 0 aliphatic heterocycles. The maximum atomic E-state index is 5.00. The van der Waals surface area contributed by atoms with Gasteiger partial charge in [0.05, 0.1) is 28.2 Å². The van der Waals surface area contributed by atoms with Crippen LogP contribution in [-0.2, 0) is 5.41 Å². The molecule has 0 bridgehead atoms. The summed E-state index contributed by atoms with van der Waals surface area (Å²) in [5.74, 6) is 0. The zero-order valence-corrected chi connectivity index (χ0v) is 19.1. The second-order valence-electron chi connectivity index (χ2n) is 8.68. The fraction of sp³-hybridized carbons (Fsp3) is 0.269. The zero-order valence-electron chi connectivity index (χ0n) is 19.1. The van der Waals surface area contributed by atoms with Gasteiger partial charge in [0.25, 0.3) is 0 Å². The van der Waals surface area contributed by atoms with Gasteiger partial charge in [0.15, 0.2) is 0 Å². The van der Waals surface area contributed by atoms with Crippen molar-refractivity contribution >= 4 is 5.69 Å². The van der Waals surface area contributed by atoms with Crippen LogP contribution in [0.25, 0.3) is 16.9 Å². The highest BCUT2D eigenvalue weighted by atomic mass is 15.3. The van der Waals surface area contributed by atoms with E-state index in [4.69, 9.17) is 10.1 Å². The molecule has 3 aromatic heterocycles. The van der Waals surface area contributed by atoms with Crippen molar-refractivity contribution in [3.63, 3.8) is 0 Å². The second-order valence-corrected chi connectivity index (χ2v) is 8.68. The van der Waals surface area contributed by atoms with Crippen molar-refractivity contribution < 1.29 is 0 Å². The van der Waals surface area contributed by atoms with Gasteiger partial charge in [-0.2, -0.15) is 5.10 Å². The molecule has 0 N–H and O–H groups in total. The van der Waals surface area contributed by atoms with Crippen LogP contribution in [0.4, 0.5) is 5.69 Å². The maximum absolute atomic E-state index is 5.00. The summed E-state index contributed by atoms with van der Waals surface area (Å²) in [5, 5.41) is 4.91. The minimum atomic E-state index is -0.341. The number of nitrogens with zero attached hydrogens (tertiary/aromatic N) is 5. The molecule has 0 saturated heterocycles. The Kier molecular flexibility index (Phi) is 5.36. The summed E-state index contributed by atoms with van der Waals surface area (Å²) >= 11 is 0. The highest BCUT2D eigenvalue weighted by Gasteiger charge is 2.28. The number of hydrogen-bond acceptors (Lipinski definition) is 4. The quantitative estimate of drug-likeness (QED) is 0.445. The zero-order chi connectivity index (χ0) is 22.2. The number of benzene rings is 1. The molecule has 158 valence electrons. The second kappa shape index (κ2) is 7.99. The van der Waals surface area contributed by atoms with Crippen LogP contribution in [0.3, 0.4) is 0 Å². The van der Waals surface area contributed by atoms with Crippen LogP contribution < -0.4 is 4.90 Å². The largest absolute Gasteiger partial charge is 0.378 e. The van der Waals surface area contributed by atoms with E-state index < -0.39 is 0 Å². The lowest BCUT2D eigenvalue weighted by Gasteiger charge is -2.22. The number of hydrogen-bond donors (Lipinski definition) is 0. The van der Waals surface area contributed by atoms with E-state index >= 15 is 0 Å². The van der Waals surface area contributed by atoms with Crippen molar-refractivity contribution in [2.75, 3.05) is 19.0 Å². The highest BCUT2D eigenvalue weighted by molar-refractivity contribution is 5.62. The molecular formula is C26H29N5. The first-order chi connectivity index (χ1) is 14.8. The van der Waals surface area contributed by atoms with Crippen LogP contribution in [0, 0.1) is 13.8 Å². The Morgan fingerprint density at radius 3 is 2.35 bits per heavy atom. The molecule has 0 atom stereocenters. The van der Waals surface area contributed by atoms with Gasteiger partial charge in [-0.15, -0.1) is 0 Å². The average Bonchev–Trinajstić information content (AvgIpc) is 3.25. The van der Waals surface area contributed by atoms with Gasteiger partial charge in [-0.05, 0) is 76.2 Å². The fourth-order valence-electron chi connectivity index (χ4n) is 3.74. The summed E-state index contributed by atoms with van der Waals surface area (Å²) in [6.45, 7) is 8.38. The molecule has 31 heavy (non-hydrogen) atoms. The standard InChI is InChI=1S/C26H29N5/c1-18-13-14-22(19(2)27-18)23-11-8-12-24(28-23)26(3,4)25-15-16-31(29-25)21-10-7-9-20(17-21)30(5)6/h7-17H,1-6H3. The highest BCUT2D eigenvalue weighted by Crippen LogP contribution is 2.31. The number of anilines is 1. The minimum Gasteiger partial charge on any atom is -0.378 e. The van der Waals surface area contributed by atoms with Gasteiger partial charge < -0.3 is 4.90 Å². The first kappa shape index (κ1) is 20.8. The maximum Gasteiger partial charge on any atom is 0.0744 e. The van der Waals surface area contributed by atoms with Crippen molar-refractivity contribution in [2.24, 2.45) is 0 Å². The van der Waals surface area contributed by atoms with Crippen LogP contribution in [0.2, 0.25) is 0 Å². The van der Waals surface area contributed by atoms with E-state index in [0.29, 0.717) is 0 Å². The van der Waals surface area contributed by atoms with Crippen molar-refractivity contribution in [3.8, 4) is 16.9 Å². The van der Waals surface area contributed by atoms with Gasteiger partial charge in [0.2, 0.25) is 0 Å². The topological polar surface area (TPSA) is 46.8 Å². The third-order valence-electron chi connectivity index (χ3n) is 5.73. The third kappa shape index (κ3) is 4.08. The van der Waals surface area contributed by atoms with Crippen molar-refractivity contribution in [3.05, 3.63) is 89.6 Å². The lowest BCUT2D eigenvalue weighted by atomic mass is 9.85. The van der Waals surface area contributed by atoms with E-state index in [1.54, 1.807) is 0 Å². The van der Waals surface area contributed by atoms with Gasteiger partial charge in [-0.1, -0.05) is 12.1 Å². The van der Waals surface area contributed by atoms with Crippen molar-refractivity contribution in [1.82, 2.24) is 19.7 Å². The number of aryl methyl sites for hydroxylation is 2. The van der Waals surface area contributed by atoms with Gasteiger partial charge >= 0.3 is 0 Å². The molecule has 0 amide bonds. The minimum absolute atomic E-state index is 0.341. The molecule has 5 nitrogen and oxygen atoms in total. The third-order valence-corrected chi connectivity index (χ3v) is 5.73. The Morgan fingerprint density at radius 1 is 0.839 bits per heavy atom. The molecular weight excluding hydrogens is 382 g/mol. The van der Waals surface area contributed by atoms with Gasteiger partial charge in [0, 0.05) is 42.9 Å². The lowest BCUT2D eigenvalue weighted by molar-refractivity contribution is 0.586. The average molecular weight is 412 g/mol. The summed E-state index contributed by atoms with van der Waals surface area (Å²) in [6, 6.07) is 20.8.